The average Bonchev–Trinajstić information content (AvgIpc) is 2.77. The van der Waals surface area contributed by atoms with Crippen LogP contribution in [-0.4, -0.2) is 23.4 Å². The van der Waals surface area contributed by atoms with Crippen molar-refractivity contribution in [3.63, 3.8) is 0 Å². The van der Waals surface area contributed by atoms with E-state index in [1.165, 1.54) is 0 Å². The van der Waals surface area contributed by atoms with Crippen molar-refractivity contribution in [2.45, 2.75) is 37.5 Å². The molecule has 0 aromatic heterocycles. The Morgan fingerprint density at radius 1 is 1.03 bits per heavy atom. The molecule has 168 valence electrons. The number of rotatable bonds is 12. The summed E-state index contributed by atoms with van der Waals surface area (Å²) in [4.78, 5) is 11.8. The minimum absolute atomic E-state index is 0.0201. The molecule has 0 aliphatic heterocycles. The fraction of sp³-hybridized carbons (Fsp3) is 0.269. The van der Waals surface area contributed by atoms with Crippen molar-refractivity contribution in [1.29, 1.82) is 0 Å². The summed E-state index contributed by atoms with van der Waals surface area (Å²) in [6, 6.07) is 21.2. The Hall–Kier alpha value is -2.63. The van der Waals surface area contributed by atoms with Crippen LogP contribution >= 0.6 is 23.4 Å². The number of ether oxygens (including phenoxy) is 2. The van der Waals surface area contributed by atoms with E-state index in [0.717, 1.165) is 52.7 Å². The van der Waals surface area contributed by atoms with Gasteiger partial charge in [0.2, 0.25) is 0 Å². The van der Waals surface area contributed by atoms with Gasteiger partial charge in [-0.3, -0.25) is 4.79 Å². The van der Waals surface area contributed by atoms with Crippen LogP contribution in [0.5, 0.6) is 17.2 Å². The predicted octanol–water partition coefficient (Wildman–Crippen LogP) is 7.27. The Balaban J connectivity index is 1.50. The summed E-state index contributed by atoms with van der Waals surface area (Å²) in [5.41, 5.74) is 1.85. The second-order valence-corrected chi connectivity index (χ2v) is 8.86. The van der Waals surface area contributed by atoms with Gasteiger partial charge in [0.1, 0.15) is 17.2 Å². The molecule has 0 aliphatic carbocycles. The largest absolute Gasteiger partial charge is 0.493 e. The first-order valence-corrected chi connectivity index (χ1v) is 12.0. The third kappa shape index (κ3) is 7.50. The normalized spacial score (nSPS) is 10.7. The molecule has 32 heavy (non-hydrogen) atoms. The Morgan fingerprint density at radius 3 is 2.56 bits per heavy atom. The van der Waals surface area contributed by atoms with Gasteiger partial charge in [-0.15, -0.1) is 11.8 Å². The maximum Gasteiger partial charge on any atom is 0.307 e. The van der Waals surface area contributed by atoms with Gasteiger partial charge in [0.05, 0.1) is 18.1 Å². The third-order valence-corrected chi connectivity index (χ3v) is 6.27. The first-order chi connectivity index (χ1) is 15.5. The molecule has 1 N–H and O–H groups in total. The fourth-order valence-electron chi connectivity index (χ4n) is 3.22. The molecule has 0 fully saturated rings. The molecule has 0 bridgehead atoms. The van der Waals surface area contributed by atoms with Crippen LogP contribution in [-0.2, 0) is 17.6 Å². The van der Waals surface area contributed by atoms with Crippen LogP contribution in [0.3, 0.4) is 0 Å². The first kappa shape index (κ1) is 24.0. The number of aryl methyl sites for hydroxylation is 1. The van der Waals surface area contributed by atoms with Gasteiger partial charge in [-0.25, -0.2) is 0 Å². The Bertz CT molecular complexity index is 1020. The van der Waals surface area contributed by atoms with E-state index < -0.39 is 5.97 Å². The predicted molar refractivity (Wildman–Crippen MR) is 131 cm³/mol. The van der Waals surface area contributed by atoms with Crippen molar-refractivity contribution in [2.75, 3.05) is 12.4 Å². The summed E-state index contributed by atoms with van der Waals surface area (Å²) >= 11 is 7.94. The van der Waals surface area contributed by atoms with E-state index in [1.54, 1.807) is 17.8 Å². The molecule has 0 spiro atoms. The minimum atomic E-state index is -0.860. The van der Waals surface area contributed by atoms with Crippen LogP contribution in [0.1, 0.15) is 30.9 Å². The zero-order chi connectivity index (χ0) is 22.8. The van der Waals surface area contributed by atoms with E-state index in [2.05, 4.69) is 13.0 Å². The number of hydrogen-bond donors (Lipinski definition) is 1. The monoisotopic (exact) mass is 470 g/mol. The summed E-state index contributed by atoms with van der Waals surface area (Å²) in [7, 11) is 0. The highest BCUT2D eigenvalue weighted by molar-refractivity contribution is 7.99. The van der Waals surface area contributed by atoms with Gasteiger partial charge in [-0.1, -0.05) is 49.2 Å². The molecule has 6 heteroatoms. The summed E-state index contributed by atoms with van der Waals surface area (Å²) in [5.74, 6) is 2.52. The molecule has 3 aromatic carbocycles. The topological polar surface area (TPSA) is 55.8 Å². The number of para-hydroxylation sites is 1. The Kier molecular flexibility index (Phi) is 9.32. The zero-order valence-electron chi connectivity index (χ0n) is 18.1. The van der Waals surface area contributed by atoms with E-state index in [4.69, 9.17) is 26.2 Å². The lowest BCUT2D eigenvalue weighted by atomic mass is 10.1. The quantitative estimate of drug-likeness (QED) is 0.223. The Morgan fingerprint density at radius 2 is 1.84 bits per heavy atom. The van der Waals surface area contributed by atoms with E-state index in [1.807, 2.05) is 54.6 Å². The smallest absolute Gasteiger partial charge is 0.307 e. The van der Waals surface area contributed by atoms with Crippen LogP contribution in [0.15, 0.2) is 71.6 Å². The SMILES string of the molecule is CCCc1cc(Oc2ccccc2)ccc1OCCCSc1ccc(CC(=O)O)cc1Cl. The maximum absolute atomic E-state index is 10.8. The summed E-state index contributed by atoms with van der Waals surface area (Å²) < 4.78 is 12.0. The molecule has 0 heterocycles. The van der Waals surface area contributed by atoms with Gasteiger partial charge in [-0.05, 0) is 66.4 Å². The van der Waals surface area contributed by atoms with Crippen molar-refractivity contribution in [3.05, 3.63) is 82.9 Å². The molecular formula is C26H27ClO4S. The fourth-order valence-corrected chi connectivity index (χ4v) is 4.43. The summed E-state index contributed by atoms with van der Waals surface area (Å²) in [6.45, 7) is 2.76. The van der Waals surface area contributed by atoms with Gasteiger partial charge in [-0.2, -0.15) is 0 Å². The number of halogens is 1. The van der Waals surface area contributed by atoms with Gasteiger partial charge >= 0.3 is 5.97 Å². The minimum Gasteiger partial charge on any atom is -0.493 e. The lowest BCUT2D eigenvalue weighted by Gasteiger charge is -2.14. The van der Waals surface area contributed by atoms with Crippen molar-refractivity contribution in [1.82, 2.24) is 0 Å². The number of thioether (sulfide) groups is 1. The third-order valence-electron chi connectivity index (χ3n) is 4.69. The number of aliphatic carboxylic acids is 1. The van der Waals surface area contributed by atoms with Crippen LogP contribution < -0.4 is 9.47 Å². The number of carbonyl (C=O) groups is 1. The Labute approximate surface area is 198 Å². The molecule has 3 rings (SSSR count). The molecular weight excluding hydrogens is 444 g/mol. The molecule has 4 nitrogen and oxygen atoms in total. The van der Waals surface area contributed by atoms with Crippen molar-refractivity contribution >= 4 is 29.3 Å². The molecule has 3 aromatic rings. The van der Waals surface area contributed by atoms with Gasteiger partial charge < -0.3 is 14.6 Å². The van der Waals surface area contributed by atoms with Crippen molar-refractivity contribution in [2.24, 2.45) is 0 Å². The number of hydrogen-bond acceptors (Lipinski definition) is 4. The van der Waals surface area contributed by atoms with E-state index in [-0.39, 0.29) is 6.42 Å². The zero-order valence-corrected chi connectivity index (χ0v) is 19.6. The number of benzene rings is 3. The van der Waals surface area contributed by atoms with Crippen molar-refractivity contribution in [3.8, 4) is 17.2 Å². The molecule has 0 radical (unpaired) electrons. The molecule has 0 saturated heterocycles. The highest BCUT2D eigenvalue weighted by atomic mass is 35.5. The number of carboxylic acids is 1. The molecule has 0 amide bonds. The molecule has 0 unspecified atom stereocenters. The second-order valence-electron chi connectivity index (χ2n) is 7.32. The highest BCUT2D eigenvalue weighted by Crippen LogP contribution is 2.30. The van der Waals surface area contributed by atoms with Gasteiger partial charge in [0, 0.05) is 10.6 Å². The number of carboxylic acid groups (broad SMARTS) is 1. The average molecular weight is 471 g/mol. The lowest BCUT2D eigenvalue weighted by molar-refractivity contribution is -0.136. The standard InChI is InChI=1S/C26H27ClO4S/c1-2-7-20-18-22(31-21-8-4-3-5-9-21)11-12-24(20)30-14-6-15-32-25-13-10-19(16-23(25)27)17-26(28)29/h3-5,8-13,16,18H,2,6-7,14-15,17H2,1H3,(H,28,29). The highest BCUT2D eigenvalue weighted by Gasteiger charge is 2.08. The van der Waals surface area contributed by atoms with Crippen LogP contribution in [0.4, 0.5) is 0 Å². The van der Waals surface area contributed by atoms with E-state index in [0.29, 0.717) is 17.2 Å². The molecule has 0 aliphatic rings. The van der Waals surface area contributed by atoms with E-state index >= 15 is 0 Å². The van der Waals surface area contributed by atoms with Gasteiger partial charge in [0.25, 0.3) is 0 Å². The van der Waals surface area contributed by atoms with Crippen LogP contribution in [0.2, 0.25) is 5.02 Å². The van der Waals surface area contributed by atoms with E-state index in [9.17, 15) is 4.79 Å². The van der Waals surface area contributed by atoms with Crippen LogP contribution in [0, 0.1) is 0 Å². The van der Waals surface area contributed by atoms with Crippen LogP contribution in [0.25, 0.3) is 0 Å². The maximum atomic E-state index is 10.8. The second kappa shape index (κ2) is 12.4. The molecule has 0 atom stereocenters. The van der Waals surface area contributed by atoms with Crippen molar-refractivity contribution < 1.29 is 19.4 Å². The van der Waals surface area contributed by atoms with Gasteiger partial charge in [0.15, 0.2) is 0 Å². The molecule has 0 saturated carbocycles. The first-order valence-electron chi connectivity index (χ1n) is 10.7. The summed E-state index contributed by atoms with van der Waals surface area (Å²) in [5, 5.41) is 9.48. The summed E-state index contributed by atoms with van der Waals surface area (Å²) in [6.07, 6.45) is 2.80. The lowest BCUT2D eigenvalue weighted by Crippen LogP contribution is -2.02.